The maximum atomic E-state index is 13.3. The van der Waals surface area contributed by atoms with E-state index in [1.165, 1.54) is 0 Å². The van der Waals surface area contributed by atoms with Gasteiger partial charge in [-0.05, 0) is 49.9 Å². The van der Waals surface area contributed by atoms with Crippen LogP contribution in [0.1, 0.15) is 50.2 Å². The van der Waals surface area contributed by atoms with Crippen LogP contribution in [0, 0.1) is 5.92 Å². The first-order chi connectivity index (χ1) is 17.5. The number of Topliss-reactive ketones (excluding diaryl/α,β-unsaturated/α-hetero) is 1. The van der Waals surface area contributed by atoms with E-state index in [4.69, 9.17) is 23.9 Å². The number of allylic oxidation sites excluding steroid dienone is 2. The number of hydrogen-bond acceptors (Lipinski definition) is 7. The average molecular weight is 492 g/mol. The smallest absolute Gasteiger partial charge is 0.315 e. The molecule has 0 fully saturated rings. The number of aliphatic imine (C=N–C) groups is 1. The highest BCUT2D eigenvalue weighted by Gasteiger charge is 2.43. The molecule has 2 aliphatic rings. The first kappa shape index (κ1) is 25.6. The standard InChI is InChI=1S/C29H33NO6/c1-4-34-15-16-35-29(32)26-19(2)30-22-11-8-12-23(31)28(22)27(26)21-13-14-24(33-3)25(17-21)36-18-20-9-6-5-7-10-20/h5-7,9-10,13-14,17,26-27H,4,8,11-12,15-16,18H2,1-3H3. The molecule has 0 radical (unpaired) electrons. The minimum absolute atomic E-state index is 0.0344. The number of hydrogen-bond donors (Lipinski definition) is 0. The lowest BCUT2D eigenvalue weighted by Crippen LogP contribution is -2.37. The molecule has 0 N–H and O–H groups in total. The summed E-state index contributed by atoms with van der Waals surface area (Å²) in [5.41, 5.74) is 3.85. The van der Waals surface area contributed by atoms with Crippen molar-refractivity contribution in [2.75, 3.05) is 26.9 Å². The Morgan fingerprint density at radius 3 is 2.61 bits per heavy atom. The maximum Gasteiger partial charge on any atom is 0.315 e. The number of benzene rings is 2. The molecule has 2 unspecified atom stereocenters. The van der Waals surface area contributed by atoms with E-state index in [1.54, 1.807) is 7.11 Å². The topological polar surface area (TPSA) is 83.4 Å². The van der Waals surface area contributed by atoms with E-state index in [-0.39, 0.29) is 12.4 Å². The normalized spacial score (nSPS) is 19.4. The van der Waals surface area contributed by atoms with Gasteiger partial charge in [-0.25, -0.2) is 0 Å². The molecule has 36 heavy (non-hydrogen) atoms. The Bertz CT molecular complexity index is 1150. The number of nitrogens with zero attached hydrogens (tertiary/aromatic N) is 1. The molecule has 1 heterocycles. The van der Waals surface area contributed by atoms with Crippen molar-refractivity contribution in [2.45, 2.75) is 45.6 Å². The Morgan fingerprint density at radius 2 is 1.86 bits per heavy atom. The van der Waals surface area contributed by atoms with E-state index in [0.717, 1.165) is 23.2 Å². The highest BCUT2D eigenvalue weighted by Crippen LogP contribution is 2.45. The molecule has 0 amide bonds. The average Bonchev–Trinajstić information content (AvgIpc) is 2.89. The molecule has 2 aromatic rings. The Kier molecular flexibility index (Phi) is 8.54. The number of carbonyl (C=O) groups excluding carboxylic acids is 2. The Hall–Kier alpha value is -3.45. The molecule has 1 aliphatic heterocycles. The zero-order chi connectivity index (χ0) is 25.5. The fourth-order valence-electron chi connectivity index (χ4n) is 4.84. The summed E-state index contributed by atoms with van der Waals surface area (Å²) in [6.07, 6.45) is 1.93. The van der Waals surface area contributed by atoms with Crippen LogP contribution in [0.5, 0.6) is 11.5 Å². The quantitative estimate of drug-likeness (QED) is 0.342. The number of ether oxygens (including phenoxy) is 4. The Labute approximate surface area is 212 Å². The molecule has 7 nitrogen and oxygen atoms in total. The third-order valence-electron chi connectivity index (χ3n) is 6.55. The number of rotatable bonds is 10. The van der Waals surface area contributed by atoms with Gasteiger partial charge in [0.05, 0.1) is 13.7 Å². The molecule has 0 spiro atoms. The van der Waals surface area contributed by atoms with E-state index in [1.807, 2.05) is 62.4 Å². The summed E-state index contributed by atoms with van der Waals surface area (Å²) in [6.45, 7) is 5.11. The van der Waals surface area contributed by atoms with Crippen LogP contribution in [-0.2, 0) is 25.7 Å². The van der Waals surface area contributed by atoms with Gasteiger partial charge in [0.2, 0.25) is 0 Å². The van der Waals surface area contributed by atoms with E-state index < -0.39 is 17.8 Å². The van der Waals surface area contributed by atoms with Crippen molar-refractivity contribution in [3.63, 3.8) is 0 Å². The van der Waals surface area contributed by atoms with E-state index in [0.29, 0.717) is 55.4 Å². The Balaban J connectivity index is 1.69. The van der Waals surface area contributed by atoms with Crippen molar-refractivity contribution in [1.82, 2.24) is 0 Å². The molecule has 0 aromatic heterocycles. The molecule has 0 saturated heterocycles. The van der Waals surface area contributed by atoms with Gasteiger partial charge in [-0.2, -0.15) is 0 Å². The van der Waals surface area contributed by atoms with Crippen molar-refractivity contribution in [1.29, 1.82) is 0 Å². The van der Waals surface area contributed by atoms with Gasteiger partial charge in [-0.1, -0.05) is 36.4 Å². The second kappa shape index (κ2) is 12.0. The third-order valence-corrected chi connectivity index (χ3v) is 6.55. The van der Waals surface area contributed by atoms with Crippen LogP contribution in [-0.4, -0.2) is 44.4 Å². The molecule has 2 atom stereocenters. The molecule has 1 aliphatic carbocycles. The van der Waals surface area contributed by atoms with Gasteiger partial charge in [-0.15, -0.1) is 0 Å². The summed E-state index contributed by atoms with van der Waals surface area (Å²) < 4.78 is 22.6. The largest absolute Gasteiger partial charge is 0.493 e. The fourth-order valence-corrected chi connectivity index (χ4v) is 4.84. The van der Waals surface area contributed by atoms with Crippen LogP contribution in [0.25, 0.3) is 0 Å². The summed E-state index contributed by atoms with van der Waals surface area (Å²) in [5.74, 6) is -0.456. The van der Waals surface area contributed by atoms with Crippen molar-refractivity contribution in [2.24, 2.45) is 10.9 Å². The van der Waals surface area contributed by atoms with Crippen molar-refractivity contribution < 1.29 is 28.5 Å². The van der Waals surface area contributed by atoms with Crippen LogP contribution in [0.4, 0.5) is 0 Å². The molecular weight excluding hydrogens is 458 g/mol. The van der Waals surface area contributed by atoms with Gasteiger partial charge in [-0.3, -0.25) is 14.6 Å². The zero-order valence-electron chi connectivity index (χ0n) is 21.1. The highest BCUT2D eigenvalue weighted by atomic mass is 16.6. The molecular formula is C29H33NO6. The SMILES string of the molecule is CCOCCOC(=O)C1C(C)=NC2=C(C(=O)CCC2)C1c1ccc(OC)c(OCc2ccccc2)c1. The fraction of sp³-hybridized carbons (Fsp3) is 0.414. The molecule has 7 heteroatoms. The third kappa shape index (κ3) is 5.68. The van der Waals surface area contributed by atoms with Crippen molar-refractivity contribution >= 4 is 17.5 Å². The van der Waals surface area contributed by atoms with Crippen LogP contribution >= 0.6 is 0 Å². The second-order valence-corrected chi connectivity index (χ2v) is 8.89. The Morgan fingerprint density at radius 1 is 1.06 bits per heavy atom. The minimum Gasteiger partial charge on any atom is -0.493 e. The van der Waals surface area contributed by atoms with Crippen LogP contribution < -0.4 is 9.47 Å². The zero-order valence-corrected chi connectivity index (χ0v) is 21.1. The van der Waals surface area contributed by atoms with Crippen LogP contribution in [0.2, 0.25) is 0 Å². The predicted molar refractivity (Wildman–Crippen MR) is 136 cm³/mol. The van der Waals surface area contributed by atoms with Gasteiger partial charge in [0, 0.05) is 35.9 Å². The van der Waals surface area contributed by atoms with Crippen LogP contribution in [0.15, 0.2) is 64.8 Å². The lowest BCUT2D eigenvalue weighted by molar-refractivity contribution is -0.148. The first-order valence-electron chi connectivity index (χ1n) is 12.4. The number of carbonyl (C=O) groups is 2. The highest BCUT2D eigenvalue weighted by molar-refractivity contribution is 6.08. The minimum atomic E-state index is -0.706. The second-order valence-electron chi connectivity index (χ2n) is 8.89. The molecule has 2 aromatic carbocycles. The number of methoxy groups -OCH3 is 1. The summed E-state index contributed by atoms with van der Waals surface area (Å²) in [4.78, 5) is 31.2. The van der Waals surface area contributed by atoms with Gasteiger partial charge < -0.3 is 18.9 Å². The summed E-state index contributed by atoms with van der Waals surface area (Å²) in [5, 5.41) is 0. The summed E-state index contributed by atoms with van der Waals surface area (Å²) in [6, 6.07) is 15.4. The van der Waals surface area contributed by atoms with Gasteiger partial charge in [0.1, 0.15) is 19.1 Å². The lowest BCUT2D eigenvalue weighted by Gasteiger charge is -2.34. The summed E-state index contributed by atoms with van der Waals surface area (Å²) >= 11 is 0. The van der Waals surface area contributed by atoms with Gasteiger partial charge in [0.25, 0.3) is 0 Å². The van der Waals surface area contributed by atoms with E-state index >= 15 is 0 Å². The van der Waals surface area contributed by atoms with E-state index in [2.05, 4.69) is 0 Å². The molecule has 0 saturated carbocycles. The molecule has 4 rings (SSSR count). The van der Waals surface area contributed by atoms with Crippen LogP contribution in [0.3, 0.4) is 0 Å². The van der Waals surface area contributed by atoms with Gasteiger partial charge in [0.15, 0.2) is 17.3 Å². The van der Waals surface area contributed by atoms with Crippen molar-refractivity contribution in [3.8, 4) is 11.5 Å². The predicted octanol–water partition coefficient (Wildman–Crippen LogP) is 5.04. The lowest BCUT2D eigenvalue weighted by atomic mass is 9.71. The maximum absolute atomic E-state index is 13.3. The number of esters is 1. The van der Waals surface area contributed by atoms with Gasteiger partial charge >= 0.3 is 5.97 Å². The molecule has 0 bridgehead atoms. The molecule has 190 valence electrons. The van der Waals surface area contributed by atoms with Crippen molar-refractivity contribution in [3.05, 3.63) is 70.9 Å². The first-order valence-corrected chi connectivity index (χ1v) is 12.4. The van der Waals surface area contributed by atoms with E-state index in [9.17, 15) is 9.59 Å². The number of ketones is 1. The monoisotopic (exact) mass is 491 g/mol. The summed E-state index contributed by atoms with van der Waals surface area (Å²) in [7, 11) is 1.59.